The lowest BCUT2D eigenvalue weighted by atomic mass is 9.43. The molecular weight excluding hydrogens is 1300 g/mol. The standard InChI is InChI=1S/C27H39N3O3.C23H37BrO3.C23H38O3.C4H3N3.CH4O.3CH4/c1-25(32)9-10-26(2)18(12-25)5-6-19-20-7-8-21(27(20,3)24(33-4)11-22(19)26)23(31)16-30-15-17(13-28)14-29-30;1-21(26)9-10-22(2)14(12-21)5-6-15-16-7-8-17(19(25)13-24)23(16,3)20(27-4)11-18(15)22;1-14(24)17-8-9-18-16-7-6-15-13-21(2,25)10-11-22(15,3)19(16)12-20(26-5)23(17,18)4;5-1-4-2-6-7-3-4;1-2;;;/h14-15,18-22,24,32H,5-12,16H2,1-4H3;14-18,20,26H,5-13H2,1-4H3;15-20,25H,6-13H2,1-5H3;2-3H,(H,6,7);2H,1H3;3*1H4/t18-,19-,20-,21+,22-,24-,25+,26-,27-;14-,15-,16-,17+,18-,20-,21+,22-,23-;15-,16-,17+,18-,19-,20-,21+,22-,23+;;;;;/m000...../s1. The second-order valence-electron chi connectivity index (χ2n) is 35.3. The second kappa shape index (κ2) is 31.1. The lowest BCUT2D eigenvalue weighted by Crippen LogP contribution is -2.60. The van der Waals surface area contributed by atoms with E-state index in [1.807, 2.05) is 48.2 Å². The number of alkyl halides is 1. The van der Waals surface area contributed by atoms with Gasteiger partial charge in [0.2, 0.25) is 0 Å². The number of carbonyl (C=O) groups excluding carboxylic acids is 3. The van der Waals surface area contributed by atoms with E-state index >= 15 is 0 Å². The molecule has 12 saturated carbocycles. The molecule has 12 aliphatic rings. The molecule has 0 aromatic carbocycles. The number of ketones is 3. The van der Waals surface area contributed by atoms with Crippen LogP contribution in [0.25, 0.3) is 0 Å². The van der Waals surface area contributed by atoms with Crippen LogP contribution >= 0.6 is 15.9 Å². The van der Waals surface area contributed by atoms with Crippen molar-refractivity contribution >= 4 is 33.3 Å². The molecular formula is C81H133BrN6O10. The third-order valence-corrected chi connectivity index (χ3v) is 31.6. The van der Waals surface area contributed by atoms with Crippen molar-refractivity contribution in [2.75, 3.05) is 33.8 Å². The van der Waals surface area contributed by atoms with Crippen LogP contribution < -0.4 is 0 Å². The van der Waals surface area contributed by atoms with Gasteiger partial charge in [0.15, 0.2) is 5.78 Å². The molecule has 0 amide bonds. The first kappa shape index (κ1) is 81.9. The summed E-state index contributed by atoms with van der Waals surface area (Å²) in [6.07, 6.45) is 32.7. The van der Waals surface area contributed by atoms with Gasteiger partial charge in [-0.1, -0.05) is 79.8 Å². The molecule has 554 valence electrons. The fourth-order valence-corrected chi connectivity index (χ4v) is 26.4. The third kappa shape index (κ3) is 14.4. The summed E-state index contributed by atoms with van der Waals surface area (Å²) in [5.41, 5.74) is 0.340. The average Bonchev–Trinajstić information content (AvgIpc) is 1.25. The number of hydrogen-bond acceptors (Lipinski definition) is 14. The van der Waals surface area contributed by atoms with Gasteiger partial charge in [0.1, 0.15) is 23.7 Å². The van der Waals surface area contributed by atoms with Gasteiger partial charge < -0.3 is 34.6 Å². The van der Waals surface area contributed by atoms with Gasteiger partial charge in [-0.2, -0.15) is 20.7 Å². The van der Waals surface area contributed by atoms with Crippen LogP contribution in [0.1, 0.15) is 257 Å². The number of aliphatic hydroxyl groups excluding tert-OH is 1. The molecule has 17 heteroatoms. The highest BCUT2D eigenvalue weighted by Gasteiger charge is 2.69. The molecule has 12 aliphatic carbocycles. The monoisotopic (exact) mass is 1430 g/mol. The van der Waals surface area contributed by atoms with Crippen molar-refractivity contribution in [1.82, 2.24) is 20.0 Å². The number of aliphatic hydroxyl groups is 4. The van der Waals surface area contributed by atoms with E-state index < -0.39 is 16.8 Å². The molecule has 0 spiro atoms. The summed E-state index contributed by atoms with van der Waals surface area (Å²) in [4.78, 5) is 38.7. The predicted octanol–water partition coefficient (Wildman–Crippen LogP) is 15.8. The van der Waals surface area contributed by atoms with Gasteiger partial charge in [-0.05, 0) is 269 Å². The maximum Gasteiger partial charge on any atom is 0.157 e. The van der Waals surface area contributed by atoms with Crippen molar-refractivity contribution in [2.45, 2.75) is 287 Å². The maximum atomic E-state index is 13.5. The van der Waals surface area contributed by atoms with Crippen molar-refractivity contribution < 1.29 is 49.0 Å². The lowest BCUT2D eigenvalue weighted by Gasteiger charge is -2.63. The molecule has 16 nitrogen and oxygen atoms in total. The number of ether oxygens (including phenoxy) is 3. The molecule has 5 N–H and O–H groups in total. The molecule has 2 aromatic heterocycles. The summed E-state index contributed by atoms with van der Waals surface area (Å²) >= 11 is 3.43. The Balaban J connectivity index is 0.000000193. The molecule has 0 aliphatic heterocycles. The van der Waals surface area contributed by atoms with Crippen LogP contribution in [-0.4, -0.2) is 127 Å². The SMILES string of the molecule is C.C.C.CO.CO[C@H]1C[C@H]2[C@@H](CC[C@H]3C[C@](C)(O)CC[C@@]32C)[C@@H]2CC[C@H](C(=O)CBr)[C@@]12C.CO[C@H]1C[C@H]2[C@@H](CC[C@H]3C[C@](C)(O)CC[C@@]32C)[C@@H]2CC[C@H](C(=O)Cn3cc(C#N)cn3)[C@@]12C.CO[C@H]1C[C@H]2[C@@H](CC[C@H]3C[C@](C)(O)CC[C@@]32C)[C@@H]2CC[C@H](C(C)=O)[C@@]12C.N#Cc1cn[nH]c1. The zero-order valence-corrected chi connectivity index (χ0v) is 62.0. The first-order chi connectivity index (χ1) is 44.9. The lowest BCUT2D eigenvalue weighted by molar-refractivity contribution is -0.188. The van der Waals surface area contributed by atoms with Gasteiger partial charge in [0, 0.05) is 74.8 Å². The number of halogens is 1. The van der Waals surface area contributed by atoms with Crippen molar-refractivity contribution in [3.05, 3.63) is 35.9 Å². The fraction of sp³-hybridized carbons (Fsp3) is 0.864. The minimum atomic E-state index is -0.524. The van der Waals surface area contributed by atoms with Gasteiger partial charge in [0.25, 0.3) is 0 Å². The van der Waals surface area contributed by atoms with Crippen LogP contribution in [0.3, 0.4) is 0 Å². The number of fused-ring (bicyclic) bond motifs is 15. The number of aromatic amines is 1. The van der Waals surface area contributed by atoms with Crippen LogP contribution in [-0.2, 0) is 35.1 Å². The zero-order valence-electron chi connectivity index (χ0n) is 60.4. The van der Waals surface area contributed by atoms with Crippen molar-refractivity contribution in [3.63, 3.8) is 0 Å². The Morgan fingerprint density at radius 3 is 1.19 bits per heavy atom. The molecule has 14 rings (SSSR count). The summed E-state index contributed by atoms with van der Waals surface area (Å²) in [7, 11) is 6.54. The van der Waals surface area contributed by atoms with Crippen LogP contribution in [0.5, 0.6) is 0 Å². The molecule has 0 radical (unpaired) electrons. The number of hydrogen-bond donors (Lipinski definition) is 5. The minimum Gasteiger partial charge on any atom is -0.400 e. The van der Waals surface area contributed by atoms with E-state index in [1.54, 1.807) is 24.0 Å². The van der Waals surface area contributed by atoms with Crippen molar-refractivity contribution in [2.24, 2.45) is 121 Å². The third-order valence-electron chi connectivity index (χ3n) is 31.0. The number of rotatable bonds is 9. The van der Waals surface area contributed by atoms with Gasteiger partial charge >= 0.3 is 0 Å². The Hall–Kier alpha value is -3.39. The number of Topliss-reactive ketones (excluding diaryl/α,β-unsaturated/α-hetero) is 3. The Morgan fingerprint density at radius 1 is 0.531 bits per heavy atom. The van der Waals surface area contributed by atoms with Gasteiger partial charge in [-0.15, -0.1) is 0 Å². The highest BCUT2D eigenvalue weighted by Crippen LogP contribution is 2.72. The molecule has 27 atom stereocenters. The summed E-state index contributed by atoms with van der Waals surface area (Å²) in [6.45, 7) is 22.6. The summed E-state index contributed by atoms with van der Waals surface area (Å²) < 4.78 is 20.1. The van der Waals surface area contributed by atoms with Gasteiger partial charge in [-0.3, -0.25) is 24.2 Å². The topological polar surface area (TPSA) is 254 Å². The predicted molar refractivity (Wildman–Crippen MR) is 389 cm³/mol. The number of methoxy groups -OCH3 is 3. The number of aromatic nitrogens is 4. The zero-order chi connectivity index (χ0) is 69.2. The van der Waals surface area contributed by atoms with Crippen molar-refractivity contribution in [3.8, 4) is 12.1 Å². The first-order valence-corrected chi connectivity index (χ1v) is 38.1. The maximum absolute atomic E-state index is 13.5. The second-order valence-corrected chi connectivity index (χ2v) is 35.8. The van der Waals surface area contributed by atoms with E-state index in [-0.39, 0.29) is 92.3 Å². The molecule has 0 bridgehead atoms. The molecule has 2 aromatic rings. The highest BCUT2D eigenvalue weighted by atomic mass is 79.9. The van der Waals surface area contributed by atoms with Crippen molar-refractivity contribution in [1.29, 1.82) is 10.5 Å². The number of carbonyl (C=O) groups is 3. The Morgan fingerprint density at radius 2 is 0.888 bits per heavy atom. The van der Waals surface area contributed by atoms with E-state index in [9.17, 15) is 29.7 Å². The summed E-state index contributed by atoms with van der Waals surface area (Å²) in [5.74, 6) is 8.90. The normalized spacial score (nSPS) is 46.4. The van der Waals surface area contributed by atoms with E-state index in [2.05, 4.69) is 78.8 Å². The number of nitrogens with zero attached hydrogens (tertiary/aromatic N) is 5. The average molecular weight is 1430 g/mol. The Labute approximate surface area is 599 Å². The first-order valence-electron chi connectivity index (χ1n) is 37.0. The van der Waals surface area contributed by atoms with E-state index in [4.69, 9.17) is 29.8 Å². The number of nitrogens with one attached hydrogen (secondary N) is 1. The quantitative estimate of drug-likeness (QED) is 0.146. The molecule has 98 heavy (non-hydrogen) atoms. The smallest absolute Gasteiger partial charge is 0.157 e. The van der Waals surface area contributed by atoms with Crippen LogP contribution in [0.4, 0.5) is 0 Å². The van der Waals surface area contributed by atoms with E-state index in [0.717, 1.165) is 122 Å². The molecule has 12 fully saturated rings. The number of nitriles is 2. The minimum absolute atomic E-state index is 0. The fourth-order valence-electron chi connectivity index (χ4n) is 26.1. The Bertz CT molecular complexity index is 3100. The summed E-state index contributed by atoms with van der Waals surface area (Å²) in [5, 5.41) is 67.0. The van der Waals surface area contributed by atoms with Gasteiger partial charge in [0.05, 0.1) is 70.5 Å². The molecule has 0 unspecified atom stereocenters. The van der Waals surface area contributed by atoms with Crippen LogP contribution in [0, 0.1) is 144 Å². The molecule has 2 heterocycles. The summed E-state index contributed by atoms with van der Waals surface area (Å²) in [6, 6.07) is 4.00. The number of H-pyrrole nitrogens is 1. The molecule has 0 saturated heterocycles. The van der Waals surface area contributed by atoms with E-state index in [1.165, 1.54) is 63.8 Å². The Kier molecular flexibility index (Phi) is 26.0. The van der Waals surface area contributed by atoms with Crippen LogP contribution in [0.2, 0.25) is 0 Å². The highest BCUT2D eigenvalue weighted by molar-refractivity contribution is 9.09. The van der Waals surface area contributed by atoms with Crippen LogP contribution in [0.15, 0.2) is 24.8 Å². The van der Waals surface area contributed by atoms with Gasteiger partial charge in [-0.25, -0.2) is 0 Å². The van der Waals surface area contributed by atoms with E-state index in [0.29, 0.717) is 98.0 Å². The largest absolute Gasteiger partial charge is 0.400 e.